The summed E-state index contributed by atoms with van der Waals surface area (Å²) in [5.41, 5.74) is 1.31. The number of likely N-dealkylation sites (tertiary alicyclic amines) is 1. The lowest BCUT2D eigenvalue weighted by Gasteiger charge is -2.37. The molecule has 1 fully saturated rings. The molecule has 10 heteroatoms. The van der Waals surface area contributed by atoms with Gasteiger partial charge in [-0.1, -0.05) is 18.2 Å². The molecule has 1 amide bonds. The van der Waals surface area contributed by atoms with Crippen LogP contribution >= 0.6 is 0 Å². The van der Waals surface area contributed by atoms with Crippen molar-refractivity contribution in [2.24, 2.45) is 5.41 Å². The molecule has 3 heterocycles. The number of rotatable bonds is 7. The van der Waals surface area contributed by atoms with E-state index >= 15 is 0 Å². The monoisotopic (exact) mass is 508 g/mol. The minimum atomic E-state index is -4.66. The van der Waals surface area contributed by atoms with E-state index < -0.39 is 23.0 Å². The number of benzene rings is 1. The minimum Gasteiger partial charge on any atom is -0.323 e. The third kappa shape index (κ3) is 5.78. The third-order valence-electron chi connectivity index (χ3n) is 7.06. The van der Waals surface area contributed by atoms with E-state index in [1.807, 2.05) is 30.3 Å². The molecule has 4 rings (SSSR count). The highest BCUT2D eigenvalue weighted by atomic mass is 19.4. The van der Waals surface area contributed by atoms with Crippen molar-refractivity contribution in [3.63, 3.8) is 0 Å². The number of hydrogen-bond donors (Lipinski definition) is 1. The Morgan fingerprint density at radius 1 is 1.11 bits per heavy atom. The molecular formula is C27H27F3N6O. The topological polar surface area (TPSA) is 94.8 Å². The second-order valence-corrected chi connectivity index (χ2v) is 9.78. The van der Waals surface area contributed by atoms with Crippen molar-refractivity contribution in [3.8, 4) is 6.07 Å². The maximum absolute atomic E-state index is 13.7. The van der Waals surface area contributed by atoms with Crippen LogP contribution in [0.3, 0.4) is 0 Å². The van der Waals surface area contributed by atoms with Crippen LogP contribution in [-0.2, 0) is 22.9 Å². The summed E-state index contributed by atoms with van der Waals surface area (Å²) in [7, 11) is 0. The summed E-state index contributed by atoms with van der Waals surface area (Å²) in [5, 5.41) is 11.8. The number of aryl methyl sites for hydroxylation is 1. The fraction of sp³-hybridized carbons (Fsp3) is 0.370. The van der Waals surface area contributed by atoms with Gasteiger partial charge >= 0.3 is 6.18 Å². The molecule has 1 atom stereocenters. The predicted molar refractivity (Wildman–Crippen MR) is 131 cm³/mol. The van der Waals surface area contributed by atoms with Crippen molar-refractivity contribution >= 4 is 11.6 Å². The fourth-order valence-corrected chi connectivity index (χ4v) is 4.67. The number of nitrogens with zero attached hydrogens (tertiary/aromatic N) is 5. The molecule has 192 valence electrons. The summed E-state index contributed by atoms with van der Waals surface area (Å²) in [4.78, 5) is 27.1. The molecule has 0 spiro atoms. The summed E-state index contributed by atoms with van der Waals surface area (Å²) in [6.07, 6.45) is 0.712. The Hall–Kier alpha value is -3.84. The quantitative estimate of drug-likeness (QED) is 0.485. The zero-order valence-corrected chi connectivity index (χ0v) is 20.6. The summed E-state index contributed by atoms with van der Waals surface area (Å²) in [6.45, 7) is 5.22. The van der Waals surface area contributed by atoms with E-state index in [1.165, 1.54) is 0 Å². The summed E-state index contributed by atoms with van der Waals surface area (Å²) >= 11 is 0. The maximum atomic E-state index is 13.7. The highest BCUT2D eigenvalue weighted by Gasteiger charge is 2.48. The number of aromatic nitrogens is 3. The first-order valence-electron chi connectivity index (χ1n) is 11.9. The minimum absolute atomic E-state index is 0.109. The number of halogens is 3. The Morgan fingerprint density at radius 2 is 1.81 bits per heavy atom. The standard InChI is InChI=1S/C27H27F3N6O/c1-25(2,22-5-3-4-13-32-22)36-14-12-26(18-36,11-10-19-6-8-20(15-31)9-7-19)24(37)35-21-16-33-23(34-17-21)27(28,29)30/h3-9,13,16-17H,10-12,14,18H2,1-2H3,(H,35,37)/t26-/m1/s1. The van der Waals surface area contributed by atoms with Crippen LogP contribution in [0, 0.1) is 16.7 Å². The summed E-state index contributed by atoms with van der Waals surface area (Å²) in [5.74, 6) is -1.55. The number of carbonyl (C=O) groups is 1. The predicted octanol–water partition coefficient (Wildman–Crippen LogP) is 4.96. The van der Waals surface area contributed by atoms with Crippen molar-refractivity contribution < 1.29 is 18.0 Å². The second-order valence-electron chi connectivity index (χ2n) is 9.78. The zero-order valence-electron chi connectivity index (χ0n) is 20.6. The third-order valence-corrected chi connectivity index (χ3v) is 7.06. The Bertz CT molecular complexity index is 1270. The molecule has 1 saturated heterocycles. The van der Waals surface area contributed by atoms with Crippen molar-refractivity contribution in [3.05, 3.63) is 83.7 Å². The molecule has 1 N–H and O–H groups in total. The van der Waals surface area contributed by atoms with Gasteiger partial charge in [0.05, 0.1) is 46.4 Å². The molecule has 1 aliphatic rings. The summed E-state index contributed by atoms with van der Waals surface area (Å²) in [6, 6.07) is 15.1. The Labute approximate surface area is 213 Å². The average molecular weight is 509 g/mol. The van der Waals surface area contributed by atoms with Gasteiger partial charge in [-0.3, -0.25) is 14.7 Å². The largest absolute Gasteiger partial charge is 0.451 e. The lowest BCUT2D eigenvalue weighted by molar-refractivity contribution is -0.144. The van der Waals surface area contributed by atoms with Crippen molar-refractivity contribution in [2.45, 2.75) is 44.8 Å². The van der Waals surface area contributed by atoms with Crippen LogP contribution in [0.25, 0.3) is 0 Å². The van der Waals surface area contributed by atoms with Crippen molar-refractivity contribution in [2.75, 3.05) is 18.4 Å². The number of pyridine rings is 1. The molecule has 0 aliphatic carbocycles. The Kier molecular flexibility index (Phi) is 7.28. The van der Waals surface area contributed by atoms with Crippen LogP contribution in [0.2, 0.25) is 0 Å². The second kappa shape index (κ2) is 10.3. The van der Waals surface area contributed by atoms with Gasteiger partial charge in [0.1, 0.15) is 0 Å². The smallest absolute Gasteiger partial charge is 0.323 e. The van der Waals surface area contributed by atoms with Gasteiger partial charge in [-0.25, -0.2) is 9.97 Å². The van der Waals surface area contributed by atoms with Crippen LogP contribution in [0.5, 0.6) is 0 Å². The number of carbonyl (C=O) groups excluding carboxylic acids is 1. The molecule has 0 radical (unpaired) electrons. The number of amides is 1. The molecule has 37 heavy (non-hydrogen) atoms. The molecule has 3 aromatic rings. The van der Waals surface area contributed by atoms with Gasteiger partial charge in [-0.15, -0.1) is 0 Å². The van der Waals surface area contributed by atoms with Gasteiger partial charge in [0.2, 0.25) is 11.7 Å². The molecule has 7 nitrogen and oxygen atoms in total. The molecular weight excluding hydrogens is 481 g/mol. The van der Waals surface area contributed by atoms with Gasteiger partial charge in [0.15, 0.2) is 0 Å². The molecule has 1 aliphatic heterocycles. The van der Waals surface area contributed by atoms with Crippen LogP contribution in [0.4, 0.5) is 18.9 Å². The fourth-order valence-electron chi connectivity index (χ4n) is 4.67. The lowest BCUT2D eigenvalue weighted by atomic mass is 9.80. The van der Waals surface area contributed by atoms with E-state index in [-0.39, 0.29) is 11.6 Å². The van der Waals surface area contributed by atoms with Crippen LogP contribution in [0.1, 0.15) is 49.3 Å². The number of hydrogen-bond acceptors (Lipinski definition) is 6. The van der Waals surface area contributed by atoms with E-state index in [1.54, 1.807) is 18.3 Å². The van der Waals surface area contributed by atoms with Gasteiger partial charge in [0.25, 0.3) is 0 Å². The van der Waals surface area contributed by atoms with E-state index in [9.17, 15) is 18.0 Å². The highest BCUT2D eigenvalue weighted by Crippen LogP contribution is 2.42. The van der Waals surface area contributed by atoms with E-state index in [4.69, 9.17) is 5.26 Å². The van der Waals surface area contributed by atoms with E-state index in [0.717, 1.165) is 23.7 Å². The average Bonchev–Trinajstić information content (AvgIpc) is 3.35. The molecule has 0 saturated carbocycles. The van der Waals surface area contributed by atoms with Crippen LogP contribution in [-0.4, -0.2) is 38.8 Å². The van der Waals surface area contributed by atoms with Crippen molar-refractivity contribution in [1.82, 2.24) is 19.9 Å². The first-order chi connectivity index (χ1) is 17.5. The zero-order chi connectivity index (χ0) is 26.7. The maximum Gasteiger partial charge on any atom is 0.451 e. The first kappa shape index (κ1) is 26.2. The SMILES string of the molecule is CC(C)(c1ccccn1)N1CC[C@@](CCc2ccc(C#N)cc2)(C(=O)Nc2cnc(C(F)(F)F)nc2)C1. The molecule has 1 aromatic carbocycles. The Balaban J connectivity index is 1.57. The van der Waals surface area contributed by atoms with E-state index in [2.05, 4.69) is 45.1 Å². The highest BCUT2D eigenvalue weighted by molar-refractivity contribution is 5.95. The van der Waals surface area contributed by atoms with Crippen LogP contribution < -0.4 is 5.32 Å². The van der Waals surface area contributed by atoms with Crippen LogP contribution in [0.15, 0.2) is 61.1 Å². The van der Waals surface area contributed by atoms with Gasteiger partial charge < -0.3 is 5.32 Å². The Morgan fingerprint density at radius 3 is 2.41 bits per heavy atom. The van der Waals surface area contributed by atoms with Crippen molar-refractivity contribution in [1.29, 1.82) is 5.26 Å². The van der Waals surface area contributed by atoms with Gasteiger partial charge in [-0.2, -0.15) is 18.4 Å². The van der Waals surface area contributed by atoms with E-state index in [0.29, 0.717) is 37.9 Å². The number of alkyl halides is 3. The number of anilines is 1. The molecule has 0 unspecified atom stereocenters. The lowest BCUT2D eigenvalue weighted by Crippen LogP contribution is -2.45. The number of nitriles is 1. The van der Waals surface area contributed by atoms with Gasteiger partial charge in [0, 0.05) is 19.3 Å². The molecule has 2 aromatic heterocycles. The molecule has 0 bridgehead atoms. The van der Waals surface area contributed by atoms with Gasteiger partial charge in [-0.05, 0) is 62.9 Å². The summed E-state index contributed by atoms with van der Waals surface area (Å²) < 4.78 is 38.6. The number of nitrogens with one attached hydrogen (secondary N) is 1. The first-order valence-corrected chi connectivity index (χ1v) is 11.9. The normalized spacial score (nSPS) is 18.4.